The molecule has 2 aromatic carbocycles. The van der Waals surface area contributed by atoms with Crippen molar-refractivity contribution in [3.63, 3.8) is 0 Å². The van der Waals surface area contributed by atoms with Gasteiger partial charge in [0.15, 0.2) is 0 Å². The summed E-state index contributed by atoms with van der Waals surface area (Å²) in [6, 6.07) is 15.1. The van der Waals surface area contributed by atoms with E-state index in [1.165, 1.54) is 12.3 Å². The van der Waals surface area contributed by atoms with Gasteiger partial charge in [-0.1, -0.05) is 49.7 Å². The SMILES string of the molecule is CCCN(CCC)Cc1nc(NCCc2ccccc2Cl)c2ccc(-c3ncccc3C(F)(F)F)cc2n1. The average molecular weight is 542 g/mol. The molecule has 4 aromatic rings. The zero-order chi connectivity index (χ0) is 27.1. The van der Waals surface area contributed by atoms with Crippen molar-refractivity contribution < 1.29 is 13.2 Å². The van der Waals surface area contributed by atoms with Crippen molar-refractivity contribution in [3.8, 4) is 11.3 Å². The van der Waals surface area contributed by atoms with Crippen LogP contribution in [0.2, 0.25) is 5.02 Å². The first-order valence-electron chi connectivity index (χ1n) is 12.8. The summed E-state index contributed by atoms with van der Waals surface area (Å²) in [4.78, 5) is 15.9. The van der Waals surface area contributed by atoms with E-state index in [0.29, 0.717) is 47.3 Å². The molecule has 0 amide bonds. The van der Waals surface area contributed by atoms with Crippen molar-refractivity contribution in [1.29, 1.82) is 0 Å². The summed E-state index contributed by atoms with van der Waals surface area (Å²) >= 11 is 6.32. The van der Waals surface area contributed by atoms with Gasteiger partial charge in [0.2, 0.25) is 0 Å². The van der Waals surface area contributed by atoms with Crippen molar-refractivity contribution >= 4 is 28.3 Å². The topological polar surface area (TPSA) is 53.9 Å². The number of fused-ring (bicyclic) bond motifs is 1. The standard InChI is InChI=1S/C29H31ClF3N5/c1-3-16-38(17-4-2)19-26-36-25-18-21(27-23(29(31,32)33)9-7-14-34-27)11-12-22(25)28(37-26)35-15-13-20-8-5-6-10-24(20)30/h5-12,14,18H,3-4,13,15-17,19H2,1-2H3,(H,35,36,37). The van der Waals surface area contributed by atoms with Crippen molar-refractivity contribution in [3.05, 3.63) is 82.8 Å². The van der Waals surface area contributed by atoms with E-state index in [2.05, 4.69) is 29.0 Å². The third-order valence-corrected chi connectivity index (χ3v) is 6.59. The molecule has 2 aromatic heterocycles. The maximum absolute atomic E-state index is 13.7. The fourth-order valence-corrected chi connectivity index (χ4v) is 4.74. The van der Waals surface area contributed by atoms with Crippen LogP contribution in [0.25, 0.3) is 22.2 Å². The lowest BCUT2D eigenvalue weighted by Crippen LogP contribution is -2.26. The smallest absolute Gasteiger partial charge is 0.369 e. The van der Waals surface area contributed by atoms with Crippen LogP contribution < -0.4 is 5.32 Å². The molecule has 5 nitrogen and oxygen atoms in total. The van der Waals surface area contributed by atoms with E-state index in [1.807, 2.05) is 24.3 Å². The Bertz CT molecular complexity index is 1370. The predicted octanol–water partition coefficient (Wildman–Crippen LogP) is 7.64. The summed E-state index contributed by atoms with van der Waals surface area (Å²) in [5.74, 6) is 1.27. The van der Waals surface area contributed by atoms with Gasteiger partial charge in [0, 0.05) is 28.7 Å². The fourth-order valence-electron chi connectivity index (χ4n) is 4.51. The molecule has 0 aliphatic rings. The molecule has 0 saturated carbocycles. The van der Waals surface area contributed by atoms with Crippen LogP contribution in [0.5, 0.6) is 0 Å². The van der Waals surface area contributed by atoms with Crippen LogP contribution >= 0.6 is 11.6 Å². The first-order valence-corrected chi connectivity index (χ1v) is 13.2. The summed E-state index contributed by atoms with van der Waals surface area (Å²) in [6.45, 7) is 7.22. The van der Waals surface area contributed by atoms with Crippen LogP contribution in [-0.2, 0) is 19.1 Å². The number of pyridine rings is 1. The highest BCUT2D eigenvalue weighted by Gasteiger charge is 2.34. The Balaban J connectivity index is 1.72. The number of anilines is 1. The fraction of sp³-hybridized carbons (Fsp3) is 0.345. The monoisotopic (exact) mass is 541 g/mol. The van der Waals surface area contributed by atoms with Gasteiger partial charge in [-0.3, -0.25) is 9.88 Å². The molecule has 0 bridgehead atoms. The predicted molar refractivity (Wildman–Crippen MR) is 147 cm³/mol. The van der Waals surface area contributed by atoms with Crippen molar-refractivity contribution in [2.24, 2.45) is 0 Å². The molecule has 0 spiro atoms. The van der Waals surface area contributed by atoms with Crippen molar-refractivity contribution in [1.82, 2.24) is 19.9 Å². The van der Waals surface area contributed by atoms with Gasteiger partial charge in [0.25, 0.3) is 0 Å². The third kappa shape index (κ3) is 6.79. The molecule has 4 rings (SSSR count). The van der Waals surface area contributed by atoms with Gasteiger partial charge in [0.05, 0.1) is 23.3 Å². The van der Waals surface area contributed by atoms with Crippen LogP contribution in [0.4, 0.5) is 19.0 Å². The van der Waals surface area contributed by atoms with Crippen LogP contribution in [0.1, 0.15) is 43.6 Å². The van der Waals surface area contributed by atoms with Crippen LogP contribution in [0, 0.1) is 0 Å². The lowest BCUT2D eigenvalue weighted by atomic mass is 10.0. The van der Waals surface area contributed by atoms with Crippen molar-refractivity contribution in [2.75, 3.05) is 25.0 Å². The third-order valence-electron chi connectivity index (χ3n) is 6.22. The normalized spacial score (nSPS) is 11.9. The first-order chi connectivity index (χ1) is 18.3. The van der Waals surface area contributed by atoms with E-state index < -0.39 is 11.7 Å². The number of hydrogen-bond acceptors (Lipinski definition) is 5. The summed E-state index contributed by atoms with van der Waals surface area (Å²) in [7, 11) is 0. The zero-order valence-corrected chi connectivity index (χ0v) is 22.3. The van der Waals surface area contributed by atoms with E-state index >= 15 is 0 Å². The Labute approximate surface area is 226 Å². The number of nitrogens with zero attached hydrogens (tertiary/aromatic N) is 4. The highest BCUT2D eigenvalue weighted by Crippen LogP contribution is 2.36. The summed E-state index contributed by atoms with van der Waals surface area (Å²) in [6.07, 6.45) is -0.447. The highest BCUT2D eigenvalue weighted by molar-refractivity contribution is 6.31. The molecule has 1 N–H and O–H groups in total. The van der Waals surface area contributed by atoms with Gasteiger partial charge in [-0.15, -0.1) is 0 Å². The maximum atomic E-state index is 13.7. The second-order valence-electron chi connectivity index (χ2n) is 9.16. The number of benzene rings is 2. The summed E-state index contributed by atoms with van der Waals surface area (Å²) in [5.41, 5.74) is 1.06. The van der Waals surface area contributed by atoms with Gasteiger partial charge in [-0.25, -0.2) is 9.97 Å². The molecule has 200 valence electrons. The van der Waals surface area contributed by atoms with E-state index in [4.69, 9.17) is 21.6 Å². The quantitative estimate of drug-likeness (QED) is 0.211. The molecule has 0 radical (unpaired) electrons. The highest BCUT2D eigenvalue weighted by atomic mass is 35.5. The Morgan fingerprint density at radius 1 is 0.947 bits per heavy atom. The second kappa shape index (κ2) is 12.5. The lowest BCUT2D eigenvalue weighted by molar-refractivity contribution is -0.137. The van der Waals surface area contributed by atoms with Crippen LogP contribution in [0.15, 0.2) is 60.8 Å². The first kappa shape index (κ1) is 27.8. The summed E-state index contributed by atoms with van der Waals surface area (Å²) < 4.78 is 41.0. The second-order valence-corrected chi connectivity index (χ2v) is 9.57. The molecule has 0 saturated heterocycles. The molecular weight excluding hydrogens is 511 g/mol. The van der Waals surface area contributed by atoms with Gasteiger partial charge < -0.3 is 5.32 Å². The van der Waals surface area contributed by atoms with Crippen LogP contribution in [-0.4, -0.2) is 39.5 Å². The van der Waals surface area contributed by atoms with E-state index in [9.17, 15) is 13.2 Å². The average Bonchev–Trinajstić information content (AvgIpc) is 2.89. The minimum absolute atomic E-state index is 0.117. The molecule has 0 fully saturated rings. The number of rotatable bonds is 11. The van der Waals surface area contributed by atoms with E-state index in [0.717, 1.165) is 42.9 Å². The van der Waals surface area contributed by atoms with Gasteiger partial charge in [-0.2, -0.15) is 13.2 Å². The molecule has 0 atom stereocenters. The Morgan fingerprint density at radius 3 is 2.42 bits per heavy atom. The van der Waals surface area contributed by atoms with Gasteiger partial charge in [0.1, 0.15) is 11.6 Å². The Morgan fingerprint density at radius 2 is 1.71 bits per heavy atom. The molecule has 0 unspecified atom stereocenters. The number of halogens is 4. The number of aromatic nitrogens is 3. The van der Waals surface area contributed by atoms with E-state index in [-0.39, 0.29) is 5.69 Å². The van der Waals surface area contributed by atoms with Gasteiger partial charge >= 0.3 is 6.18 Å². The zero-order valence-electron chi connectivity index (χ0n) is 21.5. The number of alkyl halides is 3. The largest absolute Gasteiger partial charge is 0.418 e. The number of hydrogen-bond donors (Lipinski definition) is 1. The summed E-state index contributed by atoms with van der Waals surface area (Å²) in [5, 5.41) is 4.85. The minimum Gasteiger partial charge on any atom is -0.369 e. The van der Waals surface area contributed by atoms with E-state index in [1.54, 1.807) is 18.2 Å². The molecule has 9 heteroatoms. The van der Waals surface area contributed by atoms with Crippen molar-refractivity contribution in [2.45, 2.75) is 45.8 Å². The molecule has 0 aliphatic carbocycles. The minimum atomic E-state index is -4.51. The van der Waals surface area contributed by atoms with Gasteiger partial charge in [-0.05, 0) is 68.2 Å². The molecule has 38 heavy (non-hydrogen) atoms. The molecule has 0 aliphatic heterocycles. The van der Waals surface area contributed by atoms with Crippen LogP contribution in [0.3, 0.4) is 0 Å². The Kier molecular flexibility index (Phi) is 9.17. The Hall–Kier alpha value is -3.23. The number of nitrogens with one attached hydrogen (secondary N) is 1. The molecular formula is C29H31ClF3N5. The molecule has 2 heterocycles. The lowest BCUT2D eigenvalue weighted by Gasteiger charge is -2.21. The maximum Gasteiger partial charge on any atom is 0.418 e.